The van der Waals surface area contributed by atoms with E-state index in [9.17, 15) is 21.9 Å². The molecule has 125 heavy (non-hydrogen) atoms. The van der Waals surface area contributed by atoms with E-state index in [1.54, 1.807) is 9.13 Å². The standard InChI is InChI=1S/C120H111BN4/c1-115(2,3)86-44-32-42-81(64-86)96-52-34-50-94(79-40-30-38-77(62-79)83-66-88(117(7,8)9)72-89(67-83)118(10,11)12)113(96)124-108-74-92(122-104-54-26-22-46-98(104)99-47-23-27-55-105(99)122)58-60-102(108)121-103-61-59-93(123-106-56-28-24-48-100(106)101-49-25-29-57-107(101)123)75-109(103)125(111-71-85(70-110(124)112(111)121)76-36-20-19-21-37-76)114-95(51-35-53-97(114)82-43-33-45-87(65-82)116(4,5)6)80-41-31-39-78(63-80)84-68-90(119(13,14)15)73-91(69-84)120(16,17)18/h19-75H,1-18H3/i22D,23D,24D,25D,26D,27D,28D,29D,46D,47D,48D,49D,54D,55D,56D,57D. The summed E-state index contributed by atoms with van der Waals surface area (Å²) in [7, 11) is 0. The predicted molar refractivity (Wildman–Crippen MR) is 539 cm³/mol. The van der Waals surface area contributed by atoms with Crippen molar-refractivity contribution in [1.82, 2.24) is 9.13 Å². The molecule has 2 aliphatic heterocycles. The Morgan fingerprint density at radius 3 is 0.840 bits per heavy atom. The average Bonchev–Trinajstić information content (AvgIpc) is 1.58. The van der Waals surface area contributed by atoms with E-state index in [0.29, 0.717) is 34.1 Å². The Kier molecular flexibility index (Phi) is 15.2. The monoisotopic (exact) mass is 1630 g/mol. The second-order valence-electron chi connectivity index (χ2n) is 40.3. The third-order valence-electron chi connectivity index (χ3n) is 25.7. The highest BCUT2D eigenvalue weighted by Crippen LogP contribution is 2.56. The first-order chi connectivity index (χ1) is 66.4. The maximum Gasteiger partial charge on any atom is 0.252 e. The van der Waals surface area contributed by atoms with Gasteiger partial charge in [-0.3, -0.25) is 0 Å². The van der Waals surface area contributed by atoms with Gasteiger partial charge in [0.25, 0.3) is 6.71 Å². The first kappa shape index (κ1) is 63.7. The molecule has 0 atom stereocenters. The topological polar surface area (TPSA) is 16.3 Å². The molecule has 18 aromatic rings. The zero-order valence-corrected chi connectivity index (χ0v) is 74.5. The molecule has 0 fully saturated rings. The van der Waals surface area contributed by atoms with Gasteiger partial charge >= 0.3 is 0 Å². The number of benzene rings is 16. The molecule has 0 bridgehead atoms. The van der Waals surface area contributed by atoms with E-state index >= 15 is 0 Å². The van der Waals surface area contributed by atoms with Crippen molar-refractivity contribution in [1.29, 1.82) is 0 Å². The number of para-hydroxylation sites is 6. The molecule has 20 rings (SSSR count). The molecule has 0 saturated heterocycles. The van der Waals surface area contributed by atoms with Crippen molar-refractivity contribution in [2.75, 3.05) is 9.80 Å². The van der Waals surface area contributed by atoms with E-state index in [1.807, 2.05) is 54.6 Å². The van der Waals surface area contributed by atoms with Gasteiger partial charge in [0.1, 0.15) is 0 Å². The molecule has 4 nitrogen and oxygen atoms in total. The van der Waals surface area contributed by atoms with Gasteiger partial charge in [-0.25, -0.2) is 0 Å². The quantitative estimate of drug-likeness (QED) is 0.120. The molecule has 4 heterocycles. The fourth-order valence-electron chi connectivity index (χ4n) is 18.7. The minimum atomic E-state index is -0.841. The smallest absolute Gasteiger partial charge is 0.252 e. The Labute approximate surface area is 762 Å². The van der Waals surface area contributed by atoms with Crippen LogP contribution >= 0.6 is 0 Å². The highest BCUT2D eigenvalue weighted by molar-refractivity contribution is 7.00. The van der Waals surface area contributed by atoms with Gasteiger partial charge in [-0.05, 0) is 211 Å². The van der Waals surface area contributed by atoms with Crippen LogP contribution in [0.3, 0.4) is 0 Å². The molecule has 16 aromatic carbocycles. The summed E-state index contributed by atoms with van der Waals surface area (Å²) < 4.78 is 158. The van der Waals surface area contributed by atoms with Crippen LogP contribution in [0, 0.1) is 0 Å². The maximum absolute atomic E-state index is 10.1. The summed E-state index contributed by atoms with van der Waals surface area (Å²) in [6.07, 6.45) is 0. The largest absolute Gasteiger partial charge is 0.310 e. The Hall–Kier alpha value is -13.2. The number of hydrogen-bond acceptors (Lipinski definition) is 2. The molecule has 2 aliphatic rings. The van der Waals surface area contributed by atoms with Gasteiger partial charge in [0.2, 0.25) is 0 Å². The van der Waals surface area contributed by atoms with Gasteiger partial charge in [-0.2, -0.15) is 0 Å². The van der Waals surface area contributed by atoms with E-state index in [1.165, 1.54) is 22.3 Å². The van der Waals surface area contributed by atoms with Gasteiger partial charge in [0, 0.05) is 77.9 Å². The van der Waals surface area contributed by atoms with Crippen molar-refractivity contribution in [3.8, 4) is 89.3 Å². The average molecular weight is 1640 g/mol. The molecule has 0 radical (unpaired) electrons. The maximum atomic E-state index is 10.1. The summed E-state index contributed by atoms with van der Waals surface area (Å²) in [6, 6.07) is 80.3. The van der Waals surface area contributed by atoms with Crippen molar-refractivity contribution >= 4 is 101 Å². The molecule has 2 aromatic heterocycles. The number of hydrogen-bond donors (Lipinski definition) is 0. The number of nitrogens with zero attached hydrogens (tertiary/aromatic N) is 4. The zero-order chi connectivity index (χ0) is 101. The third kappa shape index (κ3) is 14.1. The molecule has 0 unspecified atom stereocenters. The first-order valence-corrected chi connectivity index (χ1v) is 43.6. The highest BCUT2D eigenvalue weighted by Gasteiger charge is 2.46. The molecular formula is C120H111BN4. The molecule has 0 saturated carbocycles. The summed E-state index contributed by atoms with van der Waals surface area (Å²) >= 11 is 0. The Bertz CT molecular complexity index is 7710. The van der Waals surface area contributed by atoms with Crippen LogP contribution in [0.2, 0.25) is 0 Å². The Morgan fingerprint density at radius 1 is 0.224 bits per heavy atom. The van der Waals surface area contributed by atoms with E-state index in [4.69, 9.17) is 0 Å². The summed E-state index contributed by atoms with van der Waals surface area (Å²) in [5.74, 6) is 0. The van der Waals surface area contributed by atoms with Gasteiger partial charge in [0.15, 0.2) is 0 Å². The van der Waals surface area contributed by atoms with E-state index < -0.39 is 103 Å². The summed E-state index contributed by atoms with van der Waals surface area (Å²) in [4.78, 5) is 4.74. The lowest BCUT2D eigenvalue weighted by Gasteiger charge is -2.46. The second-order valence-corrected chi connectivity index (χ2v) is 40.3. The van der Waals surface area contributed by atoms with Crippen LogP contribution < -0.4 is 26.2 Å². The predicted octanol–water partition coefficient (Wildman–Crippen LogP) is 31.4. The van der Waals surface area contributed by atoms with Crippen LogP contribution in [-0.2, 0) is 32.5 Å². The van der Waals surface area contributed by atoms with Crippen LogP contribution in [0.15, 0.2) is 345 Å². The van der Waals surface area contributed by atoms with Gasteiger partial charge in [-0.1, -0.05) is 397 Å². The molecule has 0 spiro atoms. The van der Waals surface area contributed by atoms with Crippen LogP contribution in [-0.4, -0.2) is 15.8 Å². The van der Waals surface area contributed by atoms with Gasteiger partial charge in [0.05, 0.1) is 55.4 Å². The lowest BCUT2D eigenvalue weighted by Crippen LogP contribution is -2.61. The van der Waals surface area contributed by atoms with Crippen LogP contribution in [0.25, 0.3) is 133 Å². The Morgan fingerprint density at radius 2 is 0.504 bits per heavy atom. The highest BCUT2D eigenvalue weighted by atomic mass is 15.2. The fraction of sp³-hybridized carbons (Fsp3) is 0.200. The summed E-state index contributed by atoms with van der Waals surface area (Å²) in [5, 5.41) is -0.328. The summed E-state index contributed by atoms with van der Waals surface area (Å²) in [6.45, 7) is 39.4. The SMILES string of the molecule is [2H]c1c([2H])c([2H])c2c(c1[2H])c1c([2H])c([2H])c([2H])c([2H])c1n2-c1ccc2c(c1)N(c1c(-c3cccc(-c4cc(C(C)(C)C)cc(C(C)(C)C)c4)c3)cccc1-c1cccc(C(C)(C)C)c1)c1cc(-c3ccccc3)cc3c1B2c1ccc(-n2c4c([2H])c([2H])c([2H])c([2H])c4c4c([2H])c([2H])c([2H])c([2H])c42)cc1N3c1c(-c2cccc(-c3cc(C(C)(C)C)cc(C(C)(C)C)c3)c2)cccc1-c1cccc(C(C)(C)C)c1. The molecule has 5 heteroatoms. The van der Waals surface area contributed by atoms with E-state index in [2.05, 4.69) is 329 Å². The molecule has 0 N–H and O–H groups in total. The minimum Gasteiger partial charge on any atom is -0.310 e. The van der Waals surface area contributed by atoms with Crippen molar-refractivity contribution in [2.45, 2.75) is 157 Å². The number of aromatic nitrogens is 2. The van der Waals surface area contributed by atoms with Crippen molar-refractivity contribution in [3.63, 3.8) is 0 Å². The van der Waals surface area contributed by atoms with E-state index in [0.717, 1.165) is 117 Å². The van der Waals surface area contributed by atoms with Crippen molar-refractivity contribution in [2.24, 2.45) is 0 Å². The second kappa shape index (κ2) is 29.8. The number of rotatable bonds is 11. The lowest BCUT2D eigenvalue weighted by atomic mass is 9.33. The van der Waals surface area contributed by atoms with Crippen LogP contribution in [0.4, 0.5) is 34.1 Å². The lowest BCUT2D eigenvalue weighted by molar-refractivity contribution is 0.568. The van der Waals surface area contributed by atoms with Crippen molar-refractivity contribution in [3.05, 3.63) is 379 Å². The number of anilines is 6. The third-order valence-corrected chi connectivity index (χ3v) is 25.7. The van der Waals surface area contributed by atoms with Gasteiger partial charge < -0.3 is 18.9 Å². The number of fused-ring (bicyclic) bond motifs is 10. The van der Waals surface area contributed by atoms with Gasteiger partial charge in [-0.15, -0.1) is 0 Å². The van der Waals surface area contributed by atoms with E-state index in [-0.39, 0.29) is 76.1 Å². The molecule has 0 amide bonds. The first-order valence-electron chi connectivity index (χ1n) is 51.6. The van der Waals surface area contributed by atoms with Crippen LogP contribution in [0.5, 0.6) is 0 Å². The molecule has 614 valence electrons. The Balaban J connectivity index is 1.00. The van der Waals surface area contributed by atoms with Crippen molar-refractivity contribution < 1.29 is 21.9 Å². The zero-order valence-electron chi connectivity index (χ0n) is 90.5. The molecular weight excluding hydrogens is 1510 g/mol. The minimum absolute atomic E-state index is 0.0616. The molecule has 0 aliphatic carbocycles. The van der Waals surface area contributed by atoms with Crippen LogP contribution in [0.1, 0.15) is 180 Å². The normalized spacial score (nSPS) is 14.9. The summed E-state index contributed by atoms with van der Waals surface area (Å²) in [5.41, 5.74) is 24.4. The fourth-order valence-corrected chi connectivity index (χ4v) is 18.7.